The van der Waals surface area contributed by atoms with Crippen molar-refractivity contribution in [2.75, 3.05) is 26.7 Å². The summed E-state index contributed by atoms with van der Waals surface area (Å²) in [5.41, 5.74) is 1.21. The number of benzene rings is 1. The number of likely N-dealkylation sites (N-methyl/N-ethyl adjacent to an activating group) is 1. The van der Waals surface area contributed by atoms with E-state index in [4.69, 9.17) is 13.6 Å². The highest BCUT2D eigenvalue weighted by atomic mass is 16.5. The molecule has 1 atom stereocenters. The monoisotopic (exact) mass is 370 g/mol. The molecule has 0 bridgehead atoms. The summed E-state index contributed by atoms with van der Waals surface area (Å²) < 4.78 is 16.6. The second kappa shape index (κ2) is 8.31. The number of rotatable bonds is 8. The number of ether oxygens (including phenoxy) is 1. The first-order valence-electron chi connectivity index (χ1n) is 9.21. The maximum absolute atomic E-state index is 13.0. The van der Waals surface area contributed by atoms with Crippen LogP contribution in [0.25, 0.3) is 11.0 Å². The van der Waals surface area contributed by atoms with Crippen molar-refractivity contribution in [1.82, 2.24) is 10.2 Å². The maximum atomic E-state index is 13.0. The Kier molecular flexibility index (Phi) is 5.86. The third-order valence-corrected chi connectivity index (χ3v) is 4.88. The lowest BCUT2D eigenvalue weighted by atomic mass is 10.1. The molecule has 6 nitrogen and oxygen atoms in total. The SMILES string of the molecule is CCN(CC)C(CNC(=O)c1c(C)oc2ccc(OC)cc12)c1ccco1. The topological polar surface area (TPSA) is 67.9 Å². The highest BCUT2D eigenvalue weighted by Crippen LogP contribution is 2.29. The van der Waals surface area contributed by atoms with E-state index in [1.807, 2.05) is 30.3 Å². The molecule has 0 radical (unpaired) electrons. The Labute approximate surface area is 159 Å². The van der Waals surface area contributed by atoms with E-state index in [2.05, 4.69) is 24.1 Å². The van der Waals surface area contributed by atoms with Crippen molar-refractivity contribution in [3.63, 3.8) is 0 Å². The molecule has 0 fully saturated rings. The van der Waals surface area contributed by atoms with Gasteiger partial charge in [-0.25, -0.2) is 0 Å². The van der Waals surface area contributed by atoms with E-state index in [1.165, 1.54) is 0 Å². The Morgan fingerprint density at radius 3 is 2.67 bits per heavy atom. The summed E-state index contributed by atoms with van der Waals surface area (Å²) in [5, 5.41) is 3.80. The Morgan fingerprint density at radius 2 is 2.04 bits per heavy atom. The smallest absolute Gasteiger partial charge is 0.255 e. The molecule has 2 heterocycles. The van der Waals surface area contributed by atoms with Crippen LogP contribution in [0.3, 0.4) is 0 Å². The standard InChI is InChI=1S/C21H26N2O4/c1-5-23(6-2)17(19-8-7-11-26-19)13-22-21(24)20-14(3)27-18-10-9-15(25-4)12-16(18)20/h7-12,17H,5-6,13H2,1-4H3,(H,22,24). The van der Waals surface area contributed by atoms with Gasteiger partial charge in [-0.15, -0.1) is 0 Å². The highest BCUT2D eigenvalue weighted by molar-refractivity contribution is 6.07. The number of fused-ring (bicyclic) bond motifs is 1. The molecule has 1 unspecified atom stereocenters. The molecular formula is C21H26N2O4. The third kappa shape index (κ3) is 3.85. The normalized spacial score (nSPS) is 12.5. The predicted molar refractivity (Wildman–Crippen MR) is 104 cm³/mol. The number of carbonyl (C=O) groups is 1. The third-order valence-electron chi connectivity index (χ3n) is 4.88. The molecule has 3 aromatic rings. The molecule has 6 heteroatoms. The number of methoxy groups -OCH3 is 1. The van der Waals surface area contributed by atoms with Crippen LogP contribution in [-0.2, 0) is 0 Å². The molecule has 0 spiro atoms. The molecule has 1 aromatic carbocycles. The lowest BCUT2D eigenvalue weighted by molar-refractivity contribution is 0.0929. The highest BCUT2D eigenvalue weighted by Gasteiger charge is 2.24. The van der Waals surface area contributed by atoms with Gasteiger partial charge in [0.15, 0.2) is 0 Å². The fourth-order valence-corrected chi connectivity index (χ4v) is 3.44. The van der Waals surface area contributed by atoms with Crippen molar-refractivity contribution in [2.24, 2.45) is 0 Å². The first-order chi connectivity index (χ1) is 13.1. The molecule has 1 N–H and O–H groups in total. The van der Waals surface area contributed by atoms with Gasteiger partial charge in [0.25, 0.3) is 5.91 Å². The zero-order valence-corrected chi connectivity index (χ0v) is 16.2. The predicted octanol–water partition coefficient (Wildman–Crippen LogP) is 4.16. The molecule has 2 aromatic heterocycles. The van der Waals surface area contributed by atoms with E-state index in [9.17, 15) is 4.79 Å². The van der Waals surface area contributed by atoms with Crippen molar-refractivity contribution in [3.05, 3.63) is 53.7 Å². The fourth-order valence-electron chi connectivity index (χ4n) is 3.44. The van der Waals surface area contributed by atoms with E-state index < -0.39 is 0 Å². The molecule has 144 valence electrons. The minimum absolute atomic E-state index is 0.0213. The van der Waals surface area contributed by atoms with Crippen LogP contribution < -0.4 is 10.1 Å². The molecular weight excluding hydrogens is 344 g/mol. The molecule has 0 aliphatic carbocycles. The minimum atomic E-state index is -0.164. The zero-order chi connectivity index (χ0) is 19.4. The van der Waals surface area contributed by atoms with Crippen LogP contribution in [0.5, 0.6) is 5.75 Å². The van der Waals surface area contributed by atoms with Gasteiger partial charge >= 0.3 is 0 Å². The summed E-state index contributed by atoms with van der Waals surface area (Å²) in [4.78, 5) is 15.2. The number of nitrogens with one attached hydrogen (secondary N) is 1. The molecule has 1 amide bonds. The number of nitrogens with zero attached hydrogens (tertiary/aromatic N) is 1. The molecule has 0 saturated carbocycles. The van der Waals surface area contributed by atoms with Gasteiger partial charge in [-0.1, -0.05) is 13.8 Å². The van der Waals surface area contributed by atoms with Crippen molar-refractivity contribution in [2.45, 2.75) is 26.8 Å². The summed E-state index contributed by atoms with van der Waals surface area (Å²) in [5.74, 6) is 1.96. The summed E-state index contributed by atoms with van der Waals surface area (Å²) in [6.07, 6.45) is 1.66. The zero-order valence-electron chi connectivity index (χ0n) is 16.2. The number of amides is 1. The summed E-state index contributed by atoms with van der Waals surface area (Å²) in [6, 6.07) is 9.26. The summed E-state index contributed by atoms with van der Waals surface area (Å²) in [6.45, 7) is 8.17. The van der Waals surface area contributed by atoms with Crippen LogP contribution in [0.1, 0.15) is 41.8 Å². The average molecular weight is 370 g/mol. The molecule has 0 saturated heterocycles. The largest absolute Gasteiger partial charge is 0.497 e. The number of carbonyl (C=O) groups excluding carboxylic acids is 1. The van der Waals surface area contributed by atoms with Gasteiger partial charge in [-0.2, -0.15) is 0 Å². The van der Waals surface area contributed by atoms with Crippen molar-refractivity contribution < 1.29 is 18.4 Å². The van der Waals surface area contributed by atoms with Gasteiger partial charge in [0.05, 0.1) is 25.0 Å². The average Bonchev–Trinajstić information content (AvgIpc) is 3.31. The number of furan rings is 2. The van der Waals surface area contributed by atoms with Crippen molar-refractivity contribution in [1.29, 1.82) is 0 Å². The van der Waals surface area contributed by atoms with Crippen LogP contribution in [-0.4, -0.2) is 37.6 Å². The van der Waals surface area contributed by atoms with Gasteiger partial charge in [0.2, 0.25) is 0 Å². The first kappa shape index (κ1) is 19.0. The number of aryl methyl sites for hydroxylation is 1. The van der Waals surface area contributed by atoms with Gasteiger partial charge in [0, 0.05) is 11.9 Å². The number of hydrogen-bond acceptors (Lipinski definition) is 5. The molecule has 27 heavy (non-hydrogen) atoms. The van der Waals surface area contributed by atoms with Crippen LogP contribution in [0.4, 0.5) is 0 Å². The van der Waals surface area contributed by atoms with Gasteiger partial charge in [-0.05, 0) is 50.3 Å². The number of hydrogen-bond donors (Lipinski definition) is 1. The fraction of sp³-hybridized carbons (Fsp3) is 0.381. The Balaban J connectivity index is 1.84. The Hall–Kier alpha value is -2.73. The van der Waals surface area contributed by atoms with Gasteiger partial charge in [0.1, 0.15) is 22.9 Å². The van der Waals surface area contributed by atoms with E-state index in [-0.39, 0.29) is 11.9 Å². The summed E-state index contributed by atoms with van der Waals surface area (Å²) in [7, 11) is 1.60. The first-order valence-corrected chi connectivity index (χ1v) is 9.21. The van der Waals surface area contributed by atoms with E-state index >= 15 is 0 Å². The second-order valence-corrected chi connectivity index (χ2v) is 6.36. The molecule has 0 aliphatic rings. The van der Waals surface area contributed by atoms with Crippen LogP contribution >= 0.6 is 0 Å². The van der Waals surface area contributed by atoms with Gasteiger partial charge < -0.3 is 18.9 Å². The molecule has 0 aliphatic heterocycles. The minimum Gasteiger partial charge on any atom is -0.497 e. The van der Waals surface area contributed by atoms with Crippen LogP contribution in [0.15, 0.2) is 45.4 Å². The maximum Gasteiger partial charge on any atom is 0.255 e. The van der Waals surface area contributed by atoms with E-state index in [1.54, 1.807) is 20.3 Å². The van der Waals surface area contributed by atoms with Crippen LogP contribution in [0.2, 0.25) is 0 Å². The van der Waals surface area contributed by atoms with Crippen molar-refractivity contribution in [3.8, 4) is 5.75 Å². The Bertz CT molecular complexity index is 894. The van der Waals surface area contributed by atoms with E-state index in [0.717, 1.165) is 24.2 Å². The summed E-state index contributed by atoms with van der Waals surface area (Å²) >= 11 is 0. The quantitative estimate of drug-likeness (QED) is 0.645. The lowest BCUT2D eigenvalue weighted by Crippen LogP contribution is -2.38. The van der Waals surface area contributed by atoms with Crippen molar-refractivity contribution >= 4 is 16.9 Å². The Morgan fingerprint density at radius 1 is 1.26 bits per heavy atom. The molecule has 3 rings (SSSR count). The lowest BCUT2D eigenvalue weighted by Gasteiger charge is -2.28. The van der Waals surface area contributed by atoms with E-state index in [0.29, 0.717) is 29.2 Å². The second-order valence-electron chi connectivity index (χ2n) is 6.36. The van der Waals surface area contributed by atoms with Crippen LogP contribution in [0, 0.1) is 6.92 Å². The van der Waals surface area contributed by atoms with Gasteiger partial charge in [-0.3, -0.25) is 9.69 Å².